The third-order valence-electron chi connectivity index (χ3n) is 2.74. The molecule has 0 amide bonds. The van der Waals surface area contributed by atoms with Gasteiger partial charge in [0.25, 0.3) is 0 Å². The first-order valence-electron chi connectivity index (χ1n) is 6.89. The molecule has 0 radical (unpaired) electrons. The van der Waals surface area contributed by atoms with Crippen LogP contribution in [0.2, 0.25) is 0 Å². The molecule has 0 saturated heterocycles. The molecule has 0 bridgehead atoms. The summed E-state index contributed by atoms with van der Waals surface area (Å²) in [5.41, 5.74) is 1.60. The zero-order chi connectivity index (χ0) is 15.6. The van der Waals surface area contributed by atoms with E-state index in [2.05, 4.69) is 11.6 Å². The molecule has 0 aliphatic heterocycles. The highest BCUT2D eigenvalue weighted by Crippen LogP contribution is 2.30. The summed E-state index contributed by atoms with van der Waals surface area (Å²) in [6.07, 6.45) is 0. The normalized spacial score (nSPS) is 11.4. The van der Waals surface area contributed by atoms with Crippen LogP contribution in [-0.2, 0) is 4.74 Å². The van der Waals surface area contributed by atoms with E-state index < -0.39 is 11.6 Å². The zero-order valence-corrected chi connectivity index (χ0v) is 12.9. The number of aromatic nitrogens is 1. The second kappa shape index (κ2) is 5.64. The molecule has 0 atom stereocenters. The van der Waals surface area contributed by atoms with Gasteiger partial charge in [-0.2, -0.15) is 0 Å². The van der Waals surface area contributed by atoms with Crippen molar-refractivity contribution in [3.63, 3.8) is 0 Å². The lowest BCUT2D eigenvalue weighted by Crippen LogP contribution is -2.24. The Balaban J connectivity index is 2.44. The van der Waals surface area contributed by atoms with E-state index in [1.165, 1.54) is 0 Å². The number of rotatable bonds is 4. The first-order valence-corrected chi connectivity index (χ1v) is 6.89. The first-order chi connectivity index (χ1) is 9.78. The van der Waals surface area contributed by atoms with Gasteiger partial charge in [-0.05, 0) is 39.3 Å². The van der Waals surface area contributed by atoms with Gasteiger partial charge in [-0.15, -0.1) is 0 Å². The average molecular weight is 287 g/mol. The van der Waals surface area contributed by atoms with Crippen LogP contribution in [0.5, 0.6) is 5.88 Å². The Kier molecular flexibility index (Phi) is 4.07. The molecule has 1 heterocycles. The number of hydrogen-bond acceptors (Lipinski definition) is 3. The second-order valence-corrected chi connectivity index (χ2v) is 6.12. The number of esters is 1. The zero-order valence-electron chi connectivity index (χ0n) is 12.9. The molecule has 112 valence electrons. The highest BCUT2D eigenvalue weighted by Gasteiger charge is 2.25. The molecule has 0 saturated carbocycles. The predicted octanol–water partition coefficient (Wildman–Crippen LogP) is 4.08. The summed E-state index contributed by atoms with van der Waals surface area (Å²) >= 11 is 0. The Bertz CT molecular complexity index is 677. The van der Waals surface area contributed by atoms with Crippen LogP contribution in [0.25, 0.3) is 10.9 Å². The molecular formula is C17H21NO3. The van der Waals surface area contributed by atoms with E-state index in [-0.39, 0.29) is 0 Å². The lowest BCUT2D eigenvalue weighted by molar-refractivity contribution is 0.00684. The minimum Gasteiger partial charge on any atom is -0.474 e. The molecule has 1 N–H and O–H groups in total. The Morgan fingerprint density at radius 2 is 1.95 bits per heavy atom. The van der Waals surface area contributed by atoms with Crippen LogP contribution in [0, 0.1) is 0 Å². The summed E-state index contributed by atoms with van der Waals surface area (Å²) in [5, 5.41) is 0.795. The van der Waals surface area contributed by atoms with Crippen molar-refractivity contribution < 1.29 is 14.3 Å². The van der Waals surface area contributed by atoms with Crippen molar-refractivity contribution >= 4 is 16.9 Å². The standard InChI is InChI=1S/C17H21NO3/c1-11(2)10-20-15-14(16(19)21-17(3,4)5)12-8-6-7-9-13(12)18-15/h6-9,18H,1,10H2,2-5H3. The average Bonchev–Trinajstić information content (AvgIpc) is 2.72. The van der Waals surface area contributed by atoms with Crippen molar-refractivity contribution in [1.82, 2.24) is 4.98 Å². The maximum Gasteiger partial charge on any atom is 0.344 e. The number of nitrogens with one attached hydrogen (secondary N) is 1. The Morgan fingerprint density at radius 1 is 1.29 bits per heavy atom. The Labute approximate surface area is 124 Å². The van der Waals surface area contributed by atoms with E-state index in [0.717, 1.165) is 16.5 Å². The number of fused-ring (bicyclic) bond motifs is 1. The fraction of sp³-hybridized carbons (Fsp3) is 0.353. The van der Waals surface area contributed by atoms with Gasteiger partial charge in [0.15, 0.2) is 0 Å². The summed E-state index contributed by atoms with van der Waals surface area (Å²) in [6, 6.07) is 7.56. The number of para-hydroxylation sites is 1. The maximum atomic E-state index is 12.5. The Morgan fingerprint density at radius 3 is 2.57 bits per heavy atom. The quantitative estimate of drug-likeness (QED) is 0.681. The number of H-pyrrole nitrogens is 1. The molecule has 4 heteroatoms. The van der Waals surface area contributed by atoms with Crippen LogP contribution < -0.4 is 4.74 Å². The van der Waals surface area contributed by atoms with Crippen molar-refractivity contribution in [2.45, 2.75) is 33.3 Å². The van der Waals surface area contributed by atoms with Gasteiger partial charge >= 0.3 is 5.97 Å². The molecule has 0 unspecified atom stereocenters. The van der Waals surface area contributed by atoms with E-state index in [9.17, 15) is 4.79 Å². The number of aromatic amines is 1. The topological polar surface area (TPSA) is 51.3 Å². The van der Waals surface area contributed by atoms with Gasteiger partial charge in [0.05, 0.1) is 0 Å². The maximum absolute atomic E-state index is 12.5. The summed E-state index contributed by atoms with van der Waals surface area (Å²) in [7, 11) is 0. The minimum absolute atomic E-state index is 0.350. The fourth-order valence-electron chi connectivity index (χ4n) is 1.95. The third kappa shape index (κ3) is 3.66. The van der Waals surface area contributed by atoms with Crippen LogP contribution in [0.15, 0.2) is 36.4 Å². The lowest BCUT2D eigenvalue weighted by Gasteiger charge is -2.19. The third-order valence-corrected chi connectivity index (χ3v) is 2.74. The minimum atomic E-state index is -0.554. The highest BCUT2D eigenvalue weighted by atomic mass is 16.6. The van der Waals surface area contributed by atoms with Crippen LogP contribution >= 0.6 is 0 Å². The molecule has 21 heavy (non-hydrogen) atoms. The number of carbonyl (C=O) groups excluding carboxylic acids is 1. The number of hydrogen-bond donors (Lipinski definition) is 1. The van der Waals surface area contributed by atoms with Crippen molar-refractivity contribution in [3.05, 3.63) is 42.0 Å². The second-order valence-electron chi connectivity index (χ2n) is 6.12. The lowest BCUT2D eigenvalue weighted by atomic mass is 10.1. The molecule has 0 spiro atoms. The summed E-state index contributed by atoms with van der Waals surface area (Å²) in [4.78, 5) is 15.6. The fourth-order valence-corrected chi connectivity index (χ4v) is 1.95. The predicted molar refractivity (Wildman–Crippen MR) is 83.8 cm³/mol. The summed E-state index contributed by atoms with van der Waals surface area (Å²) in [6.45, 7) is 11.5. The molecule has 4 nitrogen and oxygen atoms in total. The first kappa shape index (κ1) is 15.2. The summed E-state index contributed by atoms with van der Waals surface area (Å²) in [5.74, 6) is 0.0325. The Hall–Kier alpha value is -2.23. The van der Waals surface area contributed by atoms with E-state index in [1.54, 1.807) is 0 Å². The molecule has 0 aliphatic carbocycles. The van der Waals surface area contributed by atoms with Gasteiger partial charge in [-0.1, -0.05) is 24.8 Å². The van der Waals surface area contributed by atoms with Gasteiger partial charge in [-0.3, -0.25) is 0 Å². The van der Waals surface area contributed by atoms with Crippen molar-refractivity contribution in [2.75, 3.05) is 6.61 Å². The van der Waals surface area contributed by atoms with Crippen molar-refractivity contribution in [2.24, 2.45) is 0 Å². The van der Waals surface area contributed by atoms with E-state index in [4.69, 9.17) is 9.47 Å². The number of carbonyl (C=O) groups is 1. The highest BCUT2D eigenvalue weighted by molar-refractivity contribution is 6.07. The monoisotopic (exact) mass is 287 g/mol. The number of benzene rings is 1. The molecular weight excluding hydrogens is 266 g/mol. The van der Waals surface area contributed by atoms with E-state index >= 15 is 0 Å². The SMILES string of the molecule is C=C(C)COc1[nH]c2ccccc2c1C(=O)OC(C)(C)C. The van der Waals surface area contributed by atoms with Gasteiger partial charge in [0.2, 0.25) is 5.88 Å². The largest absolute Gasteiger partial charge is 0.474 e. The van der Waals surface area contributed by atoms with Crippen molar-refractivity contribution in [1.29, 1.82) is 0 Å². The van der Waals surface area contributed by atoms with Gasteiger partial charge in [-0.25, -0.2) is 4.79 Å². The van der Waals surface area contributed by atoms with Crippen LogP contribution in [0.1, 0.15) is 38.1 Å². The smallest absolute Gasteiger partial charge is 0.344 e. The van der Waals surface area contributed by atoms with E-state index in [1.807, 2.05) is 52.0 Å². The van der Waals surface area contributed by atoms with Crippen LogP contribution in [0.3, 0.4) is 0 Å². The molecule has 1 aromatic carbocycles. The molecule has 0 aliphatic rings. The van der Waals surface area contributed by atoms with Crippen LogP contribution in [0.4, 0.5) is 0 Å². The van der Waals surface area contributed by atoms with Crippen molar-refractivity contribution in [3.8, 4) is 5.88 Å². The molecule has 2 aromatic rings. The molecule has 2 rings (SSSR count). The van der Waals surface area contributed by atoms with Crippen LogP contribution in [-0.4, -0.2) is 23.2 Å². The van der Waals surface area contributed by atoms with Gasteiger partial charge in [0.1, 0.15) is 17.8 Å². The van der Waals surface area contributed by atoms with Gasteiger partial charge < -0.3 is 14.5 Å². The summed E-state index contributed by atoms with van der Waals surface area (Å²) < 4.78 is 11.1. The molecule has 1 aromatic heterocycles. The van der Waals surface area contributed by atoms with Gasteiger partial charge in [0, 0.05) is 10.9 Å². The molecule has 0 fully saturated rings. The van der Waals surface area contributed by atoms with E-state index in [0.29, 0.717) is 18.1 Å². The number of ether oxygens (including phenoxy) is 2.